The number of rotatable bonds is 6. The first kappa shape index (κ1) is 35.5. The van der Waals surface area contributed by atoms with E-state index in [1.165, 1.54) is 26.2 Å². The molecule has 4 fully saturated rings. The molecule has 2 atom stereocenters. The molecule has 0 N–H and O–H groups in total. The van der Waals surface area contributed by atoms with Crippen molar-refractivity contribution >= 4 is 11.9 Å². The van der Waals surface area contributed by atoms with E-state index in [1.54, 1.807) is 0 Å². The van der Waals surface area contributed by atoms with E-state index in [2.05, 4.69) is 25.5 Å². The van der Waals surface area contributed by atoms with Crippen LogP contribution >= 0.6 is 0 Å². The van der Waals surface area contributed by atoms with Crippen molar-refractivity contribution in [3.05, 3.63) is 0 Å². The molecule has 0 saturated heterocycles. The van der Waals surface area contributed by atoms with E-state index in [9.17, 15) is 49.1 Å². The maximum Gasteiger partial charge on any atom is 0.447 e. The number of carbonyl (C=O) groups is 2. The van der Waals surface area contributed by atoms with E-state index in [0.717, 1.165) is 45.4 Å². The summed E-state index contributed by atoms with van der Waals surface area (Å²) in [6, 6.07) is 0. The second-order valence-corrected chi connectivity index (χ2v) is 14.2. The zero-order valence-corrected chi connectivity index (χ0v) is 24.8. The predicted octanol–water partition coefficient (Wildman–Crippen LogP) is 9.11. The Balaban J connectivity index is 0.000000287. The van der Waals surface area contributed by atoms with Gasteiger partial charge in [-0.1, -0.05) is 27.7 Å². The van der Waals surface area contributed by atoms with E-state index in [0.29, 0.717) is 10.8 Å². The average molecular weight is 613 g/mol. The summed E-state index contributed by atoms with van der Waals surface area (Å²) < 4.78 is 122. The highest BCUT2D eigenvalue weighted by Gasteiger charge is 2.87. The van der Waals surface area contributed by atoms with Gasteiger partial charge in [0.2, 0.25) is 0 Å². The van der Waals surface area contributed by atoms with Crippen LogP contribution in [-0.4, -0.2) is 41.7 Å². The summed E-state index contributed by atoms with van der Waals surface area (Å²) in [5.74, 6) is -1.45. The number of ether oxygens (including phenoxy) is 2. The Labute approximate surface area is 235 Å². The minimum atomic E-state index is -6.91. The molecule has 2 unspecified atom stereocenters. The van der Waals surface area contributed by atoms with Crippen LogP contribution in [0.15, 0.2) is 0 Å². The summed E-state index contributed by atoms with van der Waals surface area (Å²) >= 11 is 0. The van der Waals surface area contributed by atoms with Gasteiger partial charge in [-0.2, -0.15) is 39.5 Å². The van der Waals surface area contributed by atoms with Gasteiger partial charge in [-0.15, -0.1) is 0 Å². The van der Waals surface area contributed by atoms with E-state index >= 15 is 0 Å². The lowest BCUT2D eigenvalue weighted by Crippen LogP contribution is -2.69. The average Bonchev–Trinajstić information content (AvgIpc) is 2.71. The number of carbonyl (C=O) groups excluding carboxylic acids is 2. The largest absolute Gasteiger partial charge is 0.459 e. The van der Waals surface area contributed by atoms with Crippen molar-refractivity contribution in [2.24, 2.45) is 27.6 Å². The molecular formula is C28H41F9O4. The zero-order chi connectivity index (χ0) is 32.3. The van der Waals surface area contributed by atoms with Gasteiger partial charge < -0.3 is 9.47 Å². The lowest BCUT2D eigenvalue weighted by molar-refractivity contribution is -0.447. The maximum absolute atomic E-state index is 12.6. The van der Waals surface area contributed by atoms with Gasteiger partial charge in [-0.3, -0.25) is 9.59 Å². The second kappa shape index (κ2) is 10.5. The van der Waals surface area contributed by atoms with Crippen LogP contribution in [-0.2, 0) is 19.1 Å². The van der Waals surface area contributed by atoms with Crippen LogP contribution in [0, 0.1) is 27.6 Å². The highest BCUT2D eigenvalue weighted by Crippen LogP contribution is 2.67. The topological polar surface area (TPSA) is 52.6 Å². The first-order chi connectivity index (χ1) is 18.0. The van der Waals surface area contributed by atoms with Crippen molar-refractivity contribution in [2.75, 3.05) is 0 Å². The van der Waals surface area contributed by atoms with Gasteiger partial charge >= 0.3 is 36.1 Å². The Bertz CT molecular complexity index is 940. The molecule has 4 saturated carbocycles. The van der Waals surface area contributed by atoms with Crippen LogP contribution < -0.4 is 0 Å². The van der Waals surface area contributed by atoms with Crippen LogP contribution in [0.5, 0.6) is 0 Å². The van der Waals surface area contributed by atoms with Crippen LogP contribution in [0.2, 0.25) is 0 Å². The number of esters is 2. The standard InChI is InChI=1S/C18H30O2.C10H11F9O2/c1-6-15(2,3)14(19)20-18-9-13-7-16(4,11-18)10-17(5,8-13)12-18;1-4-6(2,3)5(20)21-7(8(11,12)13,9(14,15)16)10(17,18)19/h13H,6-12H2,1-5H3;4H2,1-3H3. The van der Waals surface area contributed by atoms with Crippen molar-refractivity contribution in [1.29, 1.82) is 0 Å². The molecule has 13 heteroatoms. The fraction of sp³-hybridized carbons (Fsp3) is 0.929. The summed E-state index contributed by atoms with van der Waals surface area (Å²) in [7, 11) is 0. The van der Waals surface area contributed by atoms with Gasteiger partial charge in [0.25, 0.3) is 0 Å². The van der Waals surface area contributed by atoms with Crippen molar-refractivity contribution in [3.8, 4) is 0 Å². The van der Waals surface area contributed by atoms with Crippen molar-refractivity contribution in [3.63, 3.8) is 0 Å². The summed E-state index contributed by atoms with van der Waals surface area (Å²) in [6.45, 7) is 13.9. The fourth-order valence-electron chi connectivity index (χ4n) is 7.01. The summed E-state index contributed by atoms with van der Waals surface area (Å²) in [5.41, 5.74) is -8.18. The Morgan fingerprint density at radius 3 is 1.34 bits per heavy atom. The minimum Gasteiger partial charge on any atom is -0.459 e. The van der Waals surface area contributed by atoms with Crippen LogP contribution in [0.25, 0.3) is 0 Å². The Kier molecular flexibility index (Phi) is 9.08. The van der Waals surface area contributed by atoms with Crippen LogP contribution in [0.4, 0.5) is 39.5 Å². The number of alkyl halides is 9. The van der Waals surface area contributed by atoms with E-state index in [1.807, 2.05) is 13.8 Å². The van der Waals surface area contributed by atoms with Gasteiger partial charge in [0.05, 0.1) is 10.8 Å². The molecule has 0 aromatic heterocycles. The lowest BCUT2D eigenvalue weighted by Gasteiger charge is -2.64. The van der Waals surface area contributed by atoms with Gasteiger partial charge in [-0.25, -0.2) is 0 Å². The quantitative estimate of drug-likeness (QED) is 0.222. The normalized spacial score (nSPS) is 30.4. The molecule has 4 aliphatic rings. The van der Waals surface area contributed by atoms with Crippen molar-refractivity contribution < 1.29 is 58.6 Å². The number of hydrogen-bond donors (Lipinski definition) is 0. The van der Waals surface area contributed by atoms with Crippen LogP contribution in [0.3, 0.4) is 0 Å². The summed E-state index contributed by atoms with van der Waals surface area (Å²) in [5, 5.41) is 0. The molecule has 4 nitrogen and oxygen atoms in total. The number of halogens is 9. The molecule has 0 spiro atoms. The molecule has 4 rings (SSSR count). The Morgan fingerprint density at radius 2 is 1.02 bits per heavy atom. The first-order valence-electron chi connectivity index (χ1n) is 13.7. The third-order valence-electron chi connectivity index (χ3n) is 9.20. The molecule has 41 heavy (non-hydrogen) atoms. The van der Waals surface area contributed by atoms with Crippen LogP contribution in [0.1, 0.15) is 107 Å². The van der Waals surface area contributed by atoms with Gasteiger partial charge in [0.15, 0.2) is 0 Å². The highest BCUT2D eigenvalue weighted by molar-refractivity contribution is 5.77. The SMILES string of the molecule is CCC(C)(C)C(=O)OC(C(F)(F)F)(C(F)(F)F)C(F)(F)F.CCC(C)(C)C(=O)OC12CC3CC(C)(CC(C)(C3)C1)C2. The Hall–Kier alpha value is -1.69. The van der Waals surface area contributed by atoms with E-state index < -0.39 is 35.5 Å². The molecular weight excluding hydrogens is 571 g/mol. The molecule has 0 aromatic carbocycles. The third kappa shape index (κ3) is 6.78. The maximum atomic E-state index is 12.6. The molecule has 0 amide bonds. The minimum absolute atomic E-state index is 0.0224. The molecule has 0 heterocycles. The van der Waals surface area contributed by atoms with Crippen molar-refractivity contribution in [2.45, 2.75) is 136 Å². The van der Waals surface area contributed by atoms with Gasteiger partial charge in [0, 0.05) is 0 Å². The predicted molar refractivity (Wildman–Crippen MR) is 131 cm³/mol. The van der Waals surface area contributed by atoms with Crippen molar-refractivity contribution in [1.82, 2.24) is 0 Å². The smallest absolute Gasteiger partial charge is 0.447 e. The fourth-order valence-corrected chi connectivity index (χ4v) is 7.01. The number of hydrogen-bond acceptors (Lipinski definition) is 4. The summed E-state index contributed by atoms with van der Waals surface area (Å²) in [4.78, 5) is 23.9. The zero-order valence-electron chi connectivity index (χ0n) is 24.8. The van der Waals surface area contributed by atoms with Gasteiger partial charge in [-0.05, 0) is 95.8 Å². The molecule has 0 aromatic rings. The Morgan fingerprint density at radius 1 is 0.659 bits per heavy atom. The lowest BCUT2D eigenvalue weighted by atomic mass is 9.43. The van der Waals surface area contributed by atoms with E-state index in [4.69, 9.17) is 4.74 Å². The second-order valence-electron chi connectivity index (χ2n) is 14.2. The third-order valence-corrected chi connectivity index (χ3v) is 9.20. The molecule has 0 aliphatic heterocycles. The monoisotopic (exact) mass is 612 g/mol. The molecule has 4 aliphatic carbocycles. The molecule has 240 valence electrons. The highest BCUT2D eigenvalue weighted by atomic mass is 19.4. The summed E-state index contributed by atoms with van der Waals surface area (Å²) in [6.07, 6.45) is -12.9. The van der Waals surface area contributed by atoms with E-state index in [-0.39, 0.29) is 23.4 Å². The van der Waals surface area contributed by atoms with Gasteiger partial charge in [0.1, 0.15) is 5.60 Å². The molecule has 0 radical (unpaired) electrons. The first-order valence-corrected chi connectivity index (χ1v) is 13.7. The molecule has 4 bridgehead atoms.